The molecule has 0 bridgehead atoms. The summed E-state index contributed by atoms with van der Waals surface area (Å²) >= 11 is 0. The van der Waals surface area contributed by atoms with Crippen LogP contribution >= 0.6 is 24.8 Å². The molecule has 0 unspecified atom stereocenters. The average Bonchev–Trinajstić information content (AvgIpc) is 3.07. The lowest BCUT2D eigenvalue weighted by atomic mass is 10.1. The first kappa shape index (κ1) is 18.2. The molecular weight excluding hydrogens is 313 g/mol. The Morgan fingerprint density at radius 1 is 1.29 bits per heavy atom. The summed E-state index contributed by atoms with van der Waals surface area (Å²) in [6, 6.07) is 0. The van der Waals surface area contributed by atoms with Gasteiger partial charge in [0.1, 0.15) is 0 Å². The number of rotatable bonds is 4. The molecule has 2 aliphatic rings. The molecule has 1 aromatic heterocycles. The molecule has 3 N–H and O–H groups in total. The molecule has 3 heterocycles. The minimum Gasteiger partial charge on any atom is -0.349 e. The van der Waals surface area contributed by atoms with Crippen LogP contribution in [-0.4, -0.2) is 53.7 Å². The predicted molar refractivity (Wildman–Crippen MR) is 86.5 cm³/mol. The van der Waals surface area contributed by atoms with Crippen molar-refractivity contribution in [2.75, 3.05) is 32.7 Å². The van der Waals surface area contributed by atoms with Gasteiger partial charge in [-0.05, 0) is 25.9 Å². The first-order valence-corrected chi connectivity index (χ1v) is 7.12. The van der Waals surface area contributed by atoms with Gasteiger partial charge < -0.3 is 15.5 Å². The van der Waals surface area contributed by atoms with Crippen molar-refractivity contribution in [3.63, 3.8) is 0 Å². The lowest BCUT2D eigenvalue weighted by molar-refractivity contribution is 0.0943. The summed E-state index contributed by atoms with van der Waals surface area (Å²) in [5.41, 5.74) is 2.69. The first-order valence-electron chi connectivity index (χ1n) is 7.12. The molecule has 1 fully saturated rings. The number of carbonyl (C=O) groups is 1. The Morgan fingerprint density at radius 3 is 2.81 bits per heavy atom. The molecule has 21 heavy (non-hydrogen) atoms. The zero-order valence-electron chi connectivity index (χ0n) is 12.0. The predicted octanol–water partition coefficient (Wildman–Crippen LogP) is 0.725. The van der Waals surface area contributed by atoms with E-state index in [0.29, 0.717) is 12.2 Å². The van der Waals surface area contributed by atoms with Gasteiger partial charge >= 0.3 is 0 Å². The molecule has 120 valence electrons. The number of carbonyl (C=O) groups excluding carboxylic acids is 1. The molecule has 1 aromatic rings. The Morgan fingerprint density at radius 2 is 2.05 bits per heavy atom. The van der Waals surface area contributed by atoms with E-state index in [-0.39, 0.29) is 30.7 Å². The molecule has 8 heteroatoms. The van der Waals surface area contributed by atoms with E-state index in [4.69, 9.17) is 0 Å². The van der Waals surface area contributed by atoms with Crippen LogP contribution in [-0.2, 0) is 13.0 Å². The topological polar surface area (TPSA) is 73.0 Å². The number of amides is 1. The maximum atomic E-state index is 12.1. The van der Waals surface area contributed by atoms with E-state index in [0.717, 1.165) is 50.4 Å². The van der Waals surface area contributed by atoms with Gasteiger partial charge in [0.15, 0.2) is 5.69 Å². The first-order chi connectivity index (χ1) is 9.34. The number of H-pyrrole nitrogens is 1. The van der Waals surface area contributed by atoms with Crippen LogP contribution in [0.1, 0.15) is 34.6 Å². The summed E-state index contributed by atoms with van der Waals surface area (Å²) in [6.45, 7) is 5.66. The Hall–Kier alpha value is -0.820. The van der Waals surface area contributed by atoms with Crippen LogP contribution in [0.15, 0.2) is 0 Å². The molecule has 6 nitrogen and oxygen atoms in total. The fourth-order valence-electron chi connectivity index (χ4n) is 2.83. The number of likely N-dealkylation sites (tertiary alicyclic amines) is 1. The number of nitrogens with zero attached hydrogens (tertiary/aromatic N) is 2. The zero-order valence-corrected chi connectivity index (χ0v) is 13.6. The van der Waals surface area contributed by atoms with Crippen molar-refractivity contribution in [3.05, 3.63) is 17.0 Å². The summed E-state index contributed by atoms with van der Waals surface area (Å²) in [7, 11) is 0. The number of nitrogens with one attached hydrogen (secondary N) is 3. The van der Waals surface area contributed by atoms with Crippen LogP contribution in [0, 0.1) is 0 Å². The third-order valence-corrected chi connectivity index (χ3v) is 3.93. The third kappa shape index (κ3) is 4.32. The molecule has 2 aliphatic heterocycles. The summed E-state index contributed by atoms with van der Waals surface area (Å²) in [5, 5.41) is 13.4. The van der Waals surface area contributed by atoms with Gasteiger partial charge in [-0.25, -0.2) is 0 Å². The Balaban J connectivity index is 0.00000110. The van der Waals surface area contributed by atoms with Crippen molar-refractivity contribution in [1.29, 1.82) is 0 Å². The van der Waals surface area contributed by atoms with Crippen molar-refractivity contribution in [3.8, 4) is 0 Å². The van der Waals surface area contributed by atoms with E-state index >= 15 is 0 Å². The van der Waals surface area contributed by atoms with Crippen LogP contribution < -0.4 is 10.6 Å². The monoisotopic (exact) mass is 335 g/mol. The Bertz CT molecular complexity index is 459. The second-order valence-electron chi connectivity index (χ2n) is 5.26. The molecule has 1 saturated heterocycles. The highest BCUT2D eigenvalue weighted by molar-refractivity contribution is 5.94. The third-order valence-electron chi connectivity index (χ3n) is 3.93. The summed E-state index contributed by atoms with van der Waals surface area (Å²) in [5.74, 6) is -0.0552. The maximum Gasteiger partial charge on any atom is 0.272 e. The van der Waals surface area contributed by atoms with Crippen molar-refractivity contribution in [1.82, 2.24) is 25.7 Å². The van der Waals surface area contributed by atoms with E-state index in [2.05, 4.69) is 25.7 Å². The number of hydrogen-bond donors (Lipinski definition) is 3. The van der Waals surface area contributed by atoms with E-state index in [9.17, 15) is 4.79 Å². The van der Waals surface area contributed by atoms with E-state index < -0.39 is 0 Å². The molecule has 0 aliphatic carbocycles. The highest BCUT2D eigenvalue weighted by Gasteiger charge is 2.21. The summed E-state index contributed by atoms with van der Waals surface area (Å²) < 4.78 is 0. The lowest BCUT2D eigenvalue weighted by Crippen LogP contribution is -2.34. The fraction of sp³-hybridized carbons (Fsp3) is 0.692. The van der Waals surface area contributed by atoms with E-state index in [1.54, 1.807) is 0 Å². The fourth-order valence-corrected chi connectivity index (χ4v) is 2.83. The van der Waals surface area contributed by atoms with Crippen LogP contribution in [0.5, 0.6) is 0 Å². The largest absolute Gasteiger partial charge is 0.349 e. The van der Waals surface area contributed by atoms with Crippen molar-refractivity contribution < 1.29 is 4.79 Å². The molecular formula is C13H23Cl2N5O. The van der Waals surface area contributed by atoms with Gasteiger partial charge in [0.25, 0.3) is 5.91 Å². The number of fused-ring (bicyclic) bond motifs is 1. The summed E-state index contributed by atoms with van der Waals surface area (Å²) in [4.78, 5) is 14.5. The molecule has 1 amide bonds. The second-order valence-corrected chi connectivity index (χ2v) is 5.26. The average molecular weight is 336 g/mol. The number of aromatic nitrogens is 2. The normalized spacial score (nSPS) is 17.5. The van der Waals surface area contributed by atoms with Crippen molar-refractivity contribution in [2.45, 2.75) is 25.8 Å². The van der Waals surface area contributed by atoms with Gasteiger partial charge in [-0.2, -0.15) is 5.10 Å². The minimum absolute atomic E-state index is 0. The highest BCUT2D eigenvalue weighted by atomic mass is 35.5. The molecule has 0 radical (unpaired) electrons. The molecule has 0 aromatic carbocycles. The lowest BCUT2D eigenvalue weighted by Gasteiger charge is -2.15. The molecule has 3 rings (SSSR count). The van der Waals surface area contributed by atoms with Crippen molar-refractivity contribution in [2.24, 2.45) is 0 Å². The number of aromatic amines is 1. The standard InChI is InChI=1S/C13H21N5O.2ClH/c19-13(15-5-8-18-6-1-2-7-18)12-10-9-14-4-3-11(10)16-17-12;;/h14H,1-9H2,(H,15,19)(H,16,17);2*1H. The SMILES string of the molecule is Cl.Cl.O=C(NCCN1CCCC1)c1n[nH]c2c1CNCC2. The summed E-state index contributed by atoms with van der Waals surface area (Å²) in [6.07, 6.45) is 3.49. The van der Waals surface area contributed by atoms with Crippen LogP contribution in [0.4, 0.5) is 0 Å². The highest BCUT2D eigenvalue weighted by Crippen LogP contribution is 2.15. The van der Waals surface area contributed by atoms with Crippen LogP contribution in [0.3, 0.4) is 0 Å². The number of halogens is 2. The van der Waals surface area contributed by atoms with Gasteiger partial charge in [-0.15, -0.1) is 24.8 Å². The molecule has 0 spiro atoms. The van der Waals surface area contributed by atoms with Gasteiger partial charge in [0.2, 0.25) is 0 Å². The second kappa shape index (κ2) is 8.58. The molecule has 0 atom stereocenters. The van der Waals surface area contributed by atoms with Crippen LogP contribution in [0.25, 0.3) is 0 Å². The Labute approximate surface area is 137 Å². The van der Waals surface area contributed by atoms with Gasteiger partial charge in [0.05, 0.1) is 0 Å². The van der Waals surface area contributed by atoms with Gasteiger partial charge in [0, 0.05) is 43.9 Å². The maximum absolute atomic E-state index is 12.1. The Kier molecular flexibility index (Phi) is 7.45. The smallest absolute Gasteiger partial charge is 0.272 e. The van der Waals surface area contributed by atoms with Crippen LogP contribution in [0.2, 0.25) is 0 Å². The van der Waals surface area contributed by atoms with Gasteiger partial charge in [-0.1, -0.05) is 0 Å². The van der Waals surface area contributed by atoms with E-state index in [1.165, 1.54) is 12.8 Å². The molecule has 0 saturated carbocycles. The van der Waals surface area contributed by atoms with E-state index in [1.807, 2.05) is 0 Å². The minimum atomic E-state index is -0.0552. The number of hydrogen-bond acceptors (Lipinski definition) is 4. The zero-order chi connectivity index (χ0) is 13.1. The quantitative estimate of drug-likeness (QED) is 0.758. The van der Waals surface area contributed by atoms with Gasteiger partial charge in [-0.3, -0.25) is 9.89 Å². The van der Waals surface area contributed by atoms with Crippen molar-refractivity contribution >= 4 is 30.7 Å².